The van der Waals surface area contributed by atoms with Gasteiger partial charge < -0.3 is 0 Å². The molecule has 138 valence electrons. The first-order valence-corrected chi connectivity index (χ1v) is 9.67. The molecule has 0 heterocycles. The Balaban J connectivity index is 1.78. The van der Waals surface area contributed by atoms with Gasteiger partial charge in [0.1, 0.15) is 0 Å². The summed E-state index contributed by atoms with van der Waals surface area (Å²) in [7, 11) is -3.66. The van der Waals surface area contributed by atoms with Crippen molar-refractivity contribution >= 4 is 16.1 Å². The number of alkyl halides is 3. The Kier molecular flexibility index (Phi) is 5.20. The second-order valence-corrected chi connectivity index (χ2v) is 8.00. The van der Waals surface area contributed by atoms with Crippen molar-refractivity contribution < 1.29 is 21.6 Å². The minimum atomic E-state index is -4.40. The van der Waals surface area contributed by atoms with E-state index in [9.17, 15) is 21.6 Å². The lowest BCUT2D eigenvalue weighted by Crippen LogP contribution is -2.31. The normalized spacial score (nSPS) is 15.7. The lowest BCUT2D eigenvalue weighted by molar-refractivity contribution is -0.137. The number of halogens is 3. The Morgan fingerprint density at radius 2 is 1.62 bits per heavy atom. The average Bonchev–Trinajstić information content (AvgIpc) is 3.43. The van der Waals surface area contributed by atoms with E-state index in [1.54, 1.807) is 12.1 Å². The molecule has 1 saturated carbocycles. The number of benzene rings is 2. The van der Waals surface area contributed by atoms with Crippen LogP contribution in [0.5, 0.6) is 0 Å². The first-order valence-electron chi connectivity index (χ1n) is 8.17. The minimum Gasteiger partial charge on any atom is -0.207 e. The highest BCUT2D eigenvalue weighted by molar-refractivity contribution is 7.92. The predicted octanol–water partition coefficient (Wildman–Crippen LogP) is 4.67. The van der Waals surface area contributed by atoms with Crippen LogP contribution in [0.1, 0.15) is 29.5 Å². The zero-order chi connectivity index (χ0) is 18.8. The number of sulfonamides is 1. The monoisotopic (exact) mass is 381 g/mol. The van der Waals surface area contributed by atoms with E-state index >= 15 is 0 Å². The maximum Gasteiger partial charge on any atom is 0.416 e. The van der Waals surface area contributed by atoms with Crippen molar-refractivity contribution in [2.45, 2.75) is 31.6 Å². The molecular formula is C19H18F3NO2S. The maximum absolute atomic E-state index is 12.7. The molecule has 26 heavy (non-hydrogen) atoms. The van der Waals surface area contributed by atoms with E-state index in [0.29, 0.717) is 5.56 Å². The van der Waals surface area contributed by atoms with Crippen molar-refractivity contribution in [2.75, 3.05) is 0 Å². The Morgan fingerprint density at radius 1 is 1.00 bits per heavy atom. The van der Waals surface area contributed by atoms with Gasteiger partial charge in [0.25, 0.3) is 0 Å². The molecule has 0 unspecified atom stereocenters. The van der Waals surface area contributed by atoms with Crippen LogP contribution in [0.3, 0.4) is 0 Å². The van der Waals surface area contributed by atoms with Gasteiger partial charge in [0.15, 0.2) is 0 Å². The van der Waals surface area contributed by atoms with Crippen LogP contribution < -0.4 is 0 Å². The Morgan fingerprint density at radius 3 is 2.15 bits per heavy atom. The third kappa shape index (κ3) is 4.74. The molecule has 7 heteroatoms. The summed E-state index contributed by atoms with van der Waals surface area (Å²) in [6, 6.07) is 13.6. The highest BCUT2D eigenvalue weighted by Gasteiger charge is 2.36. The van der Waals surface area contributed by atoms with Crippen LogP contribution in [-0.4, -0.2) is 18.8 Å². The largest absolute Gasteiger partial charge is 0.416 e. The first kappa shape index (κ1) is 18.7. The molecule has 3 nitrogen and oxygen atoms in total. The molecule has 0 saturated heterocycles. The van der Waals surface area contributed by atoms with Crippen LogP contribution >= 0.6 is 0 Å². The molecule has 2 aromatic rings. The van der Waals surface area contributed by atoms with Crippen molar-refractivity contribution in [1.82, 2.24) is 4.31 Å². The van der Waals surface area contributed by atoms with Gasteiger partial charge in [0.2, 0.25) is 10.0 Å². The quantitative estimate of drug-likeness (QED) is 0.729. The number of nitrogens with zero attached hydrogens (tertiary/aromatic N) is 1. The Hall–Kier alpha value is -2.12. The second-order valence-electron chi connectivity index (χ2n) is 6.23. The fourth-order valence-corrected chi connectivity index (χ4v) is 4.02. The van der Waals surface area contributed by atoms with Crippen LogP contribution in [0.25, 0.3) is 6.08 Å². The second kappa shape index (κ2) is 7.25. The van der Waals surface area contributed by atoms with E-state index in [-0.39, 0.29) is 12.6 Å². The molecule has 0 aliphatic heterocycles. The van der Waals surface area contributed by atoms with E-state index in [0.717, 1.165) is 35.9 Å². The Labute approximate surface area is 150 Å². The van der Waals surface area contributed by atoms with Gasteiger partial charge in [-0.1, -0.05) is 42.5 Å². The van der Waals surface area contributed by atoms with Crippen LogP contribution in [0.4, 0.5) is 13.2 Å². The molecule has 1 aliphatic carbocycles. The molecule has 3 rings (SSSR count). The zero-order valence-corrected chi connectivity index (χ0v) is 14.7. The van der Waals surface area contributed by atoms with Crippen LogP contribution in [0.15, 0.2) is 60.0 Å². The van der Waals surface area contributed by atoms with Crippen molar-refractivity contribution in [1.29, 1.82) is 0 Å². The van der Waals surface area contributed by atoms with Crippen LogP contribution in [0.2, 0.25) is 0 Å². The van der Waals surface area contributed by atoms with Gasteiger partial charge in [-0.3, -0.25) is 0 Å². The highest BCUT2D eigenvalue weighted by Crippen LogP contribution is 2.33. The summed E-state index contributed by atoms with van der Waals surface area (Å²) < 4.78 is 64.7. The van der Waals surface area contributed by atoms with Crippen LogP contribution in [0, 0.1) is 0 Å². The predicted molar refractivity (Wildman–Crippen MR) is 94.4 cm³/mol. The van der Waals surface area contributed by atoms with E-state index in [4.69, 9.17) is 0 Å². The summed E-state index contributed by atoms with van der Waals surface area (Å²) in [5, 5.41) is 1.16. The molecule has 0 aromatic heterocycles. The summed E-state index contributed by atoms with van der Waals surface area (Å²) in [4.78, 5) is 0. The molecule has 0 radical (unpaired) electrons. The minimum absolute atomic E-state index is 0.0598. The van der Waals surface area contributed by atoms with Gasteiger partial charge in [-0.2, -0.15) is 17.5 Å². The summed E-state index contributed by atoms with van der Waals surface area (Å²) in [6.45, 7) is 0.0598. The standard InChI is InChI=1S/C19H18F3NO2S/c20-19(21,22)17-8-6-16(7-9-17)14-23(18-10-11-18)26(24,25)13-12-15-4-2-1-3-5-15/h1-9,12-13,18H,10-11,14H2. The summed E-state index contributed by atoms with van der Waals surface area (Å²) in [5.74, 6) is 0. The fraction of sp³-hybridized carbons (Fsp3) is 0.263. The molecule has 0 atom stereocenters. The third-order valence-electron chi connectivity index (χ3n) is 4.13. The smallest absolute Gasteiger partial charge is 0.207 e. The van der Waals surface area contributed by atoms with Crippen molar-refractivity contribution in [3.63, 3.8) is 0 Å². The SMILES string of the molecule is O=S(=O)(C=Cc1ccccc1)N(Cc1ccc(C(F)(F)F)cc1)C1CC1. The highest BCUT2D eigenvalue weighted by atomic mass is 32.2. The van der Waals surface area contributed by atoms with Gasteiger partial charge >= 0.3 is 6.18 Å². The number of rotatable bonds is 6. The Bertz CT molecular complexity index is 871. The maximum atomic E-state index is 12.7. The van der Waals surface area contributed by atoms with E-state index in [1.807, 2.05) is 18.2 Å². The number of hydrogen-bond acceptors (Lipinski definition) is 2. The van der Waals surface area contributed by atoms with E-state index in [1.165, 1.54) is 22.5 Å². The third-order valence-corrected chi connectivity index (χ3v) is 5.69. The molecule has 0 spiro atoms. The summed E-state index contributed by atoms with van der Waals surface area (Å²) in [5.41, 5.74) is 0.550. The summed E-state index contributed by atoms with van der Waals surface area (Å²) in [6.07, 6.45) is -1.35. The van der Waals surface area contributed by atoms with Crippen LogP contribution in [-0.2, 0) is 22.7 Å². The molecule has 0 amide bonds. The molecule has 1 fully saturated rings. The van der Waals surface area contributed by atoms with Gasteiger partial charge in [-0.25, -0.2) is 8.42 Å². The zero-order valence-electron chi connectivity index (χ0n) is 13.9. The van der Waals surface area contributed by atoms with E-state index < -0.39 is 21.8 Å². The average molecular weight is 381 g/mol. The summed E-state index contributed by atoms with van der Waals surface area (Å²) >= 11 is 0. The number of hydrogen-bond donors (Lipinski definition) is 0. The fourth-order valence-electron chi connectivity index (χ4n) is 2.58. The van der Waals surface area contributed by atoms with Gasteiger partial charge in [-0.15, -0.1) is 0 Å². The topological polar surface area (TPSA) is 37.4 Å². The molecule has 0 bridgehead atoms. The van der Waals surface area contributed by atoms with Crippen molar-refractivity contribution in [3.8, 4) is 0 Å². The van der Waals surface area contributed by atoms with Gasteiger partial charge in [-0.05, 0) is 42.2 Å². The molecular weight excluding hydrogens is 363 g/mol. The lowest BCUT2D eigenvalue weighted by Gasteiger charge is -2.20. The molecule has 2 aromatic carbocycles. The van der Waals surface area contributed by atoms with Gasteiger partial charge in [0, 0.05) is 18.0 Å². The lowest BCUT2D eigenvalue weighted by atomic mass is 10.1. The molecule has 0 N–H and O–H groups in total. The van der Waals surface area contributed by atoms with Gasteiger partial charge in [0.05, 0.1) is 5.56 Å². The van der Waals surface area contributed by atoms with Crippen molar-refractivity contribution in [3.05, 3.63) is 76.7 Å². The van der Waals surface area contributed by atoms with Crippen molar-refractivity contribution in [2.24, 2.45) is 0 Å². The van der Waals surface area contributed by atoms with E-state index in [2.05, 4.69) is 0 Å². The molecule has 1 aliphatic rings. The first-order chi connectivity index (χ1) is 12.3.